The highest BCUT2D eigenvalue weighted by atomic mass is 16.5. The lowest BCUT2D eigenvalue weighted by Gasteiger charge is -2.07. The van der Waals surface area contributed by atoms with E-state index in [2.05, 4.69) is 10.3 Å². The van der Waals surface area contributed by atoms with Gasteiger partial charge in [0, 0.05) is 22.7 Å². The summed E-state index contributed by atoms with van der Waals surface area (Å²) >= 11 is 0. The predicted octanol–water partition coefficient (Wildman–Crippen LogP) is 6.79. The predicted molar refractivity (Wildman–Crippen MR) is 130 cm³/mol. The molecule has 1 heterocycles. The van der Waals surface area contributed by atoms with E-state index in [9.17, 15) is 4.79 Å². The minimum absolute atomic E-state index is 0.213. The van der Waals surface area contributed by atoms with Gasteiger partial charge in [0.2, 0.25) is 0 Å². The van der Waals surface area contributed by atoms with Crippen LogP contribution in [0, 0.1) is 0 Å². The van der Waals surface area contributed by atoms with Gasteiger partial charge < -0.3 is 19.8 Å². The van der Waals surface area contributed by atoms with E-state index in [1.807, 2.05) is 109 Å². The van der Waals surface area contributed by atoms with Gasteiger partial charge in [-0.1, -0.05) is 48.5 Å². The van der Waals surface area contributed by atoms with E-state index < -0.39 is 0 Å². The number of anilines is 1. The fourth-order valence-electron chi connectivity index (χ4n) is 3.49. The third-order valence-corrected chi connectivity index (χ3v) is 5.18. The van der Waals surface area contributed by atoms with Gasteiger partial charge in [0.05, 0.1) is 0 Å². The van der Waals surface area contributed by atoms with E-state index in [-0.39, 0.29) is 5.91 Å². The summed E-state index contributed by atoms with van der Waals surface area (Å²) in [6.07, 6.45) is 0. The second-order valence-electron chi connectivity index (χ2n) is 7.60. The van der Waals surface area contributed by atoms with Crippen molar-refractivity contribution in [2.24, 2.45) is 0 Å². The van der Waals surface area contributed by atoms with Gasteiger partial charge in [-0.2, -0.15) is 0 Å². The Kier molecular flexibility index (Phi) is 5.76. The van der Waals surface area contributed by atoms with E-state index in [0.29, 0.717) is 23.7 Å². The van der Waals surface area contributed by atoms with Crippen LogP contribution in [0.25, 0.3) is 10.9 Å². The van der Waals surface area contributed by atoms with Crippen molar-refractivity contribution < 1.29 is 14.3 Å². The molecule has 4 aromatic carbocycles. The van der Waals surface area contributed by atoms with E-state index >= 15 is 0 Å². The number of carbonyl (C=O) groups is 1. The number of carbonyl (C=O) groups excluding carboxylic acids is 1. The van der Waals surface area contributed by atoms with Gasteiger partial charge in [0.1, 0.15) is 29.5 Å². The van der Waals surface area contributed by atoms with Crippen LogP contribution in [-0.4, -0.2) is 10.9 Å². The standard InChI is InChI=1S/C28H22N2O3/c31-28(29-22-12-15-24(16-13-22)33-23-9-5-2-6-10-23)27-17-21-11-14-25(18-26(21)30-27)32-19-20-7-3-1-4-8-20/h1-18,30H,19H2,(H,29,31). The molecular formula is C28H22N2O3. The molecule has 1 aromatic heterocycles. The number of rotatable bonds is 7. The topological polar surface area (TPSA) is 63.4 Å². The third kappa shape index (κ3) is 5.05. The van der Waals surface area contributed by atoms with Crippen molar-refractivity contribution in [3.63, 3.8) is 0 Å². The maximum absolute atomic E-state index is 12.8. The van der Waals surface area contributed by atoms with Gasteiger partial charge in [-0.25, -0.2) is 0 Å². The fourth-order valence-corrected chi connectivity index (χ4v) is 3.49. The van der Waals surface area contributed by atoms with Crippen molar-refractivity contribution in [3.05, 3.63) is 120 Å². The smallest absolute Gasteiger partial charge is 0.272 e. The van der Waals surface area contributed by atoms with E-state index in [1.165, 1.54) is 0 Å². The first-order valence-corrected chi connectivity index (χ1v) is 10.7. The maximum atomic E-state index is 12.8. The lowest BCUT2D eigenvalue weighted by Crippen LogP contribution is -2.12. The molecule has 5 nitrogen and oxygen atoms in total. The van der Waals surface area contributed by atoms with Crippen LogP contribution in [0.5, 0.6) is 17.2 Å². The number of hydrogen-bond donors (Lipinski definition) is 2. The number of aromatic amines is 1. The molecule has 5 aromatic rings. The molecule has 2 N–H and O–H groups in total. The lowest BCUT2D eigenvalue weighted by molar-refractivity contribution is 0.102. The summed E-state index contributed by atoms with van der Waals surface area (Å²) < 4.78 is 11.7. The molecule has 0 radical (unpaired) electrons. The number of benzene rings is 4. The van der Waals surface area contributed by atoms with Crippen LogP contribution in [0.3, 0.4) is 0 Å². The first-order valence-electron chi connectivity index (χ1n) is 10.7. The highest BCUT2D eigenvalue weighted by Crippen LogP contribution is 2.25. The number of amides is 1. The minimum Gasteiger partial charge on any atom is -0.489 e. The second-order valence-corrected chi connectivity index (χ2v) is 7.60. The zero-order valence-electron chi connectivity index (χ0n) is 17.8. The van der Waals surface area contributed by atoms with E-state index in [0.717, 1.165) is 28.0 Å². The zero-order chi connectivity index (χ0) is 22.5. The Morgan fingerprint density at radius 2 is 1.39 bits per heavy atom. The Bertz CT molecular complexity index is 1360. The van der Waals surface area contributed by atoms with Crippen molar-refractivity contribution in [3.8, 4) is 17.2 Å². The van der Waals surface area contributed by atoms with Crippen molar-refractivity contribution in [1.29, 1.82) is 0 Å². The summed E-state index contributed by atoms with van der Waals surface area (Å²) in [5.41, 5.74) is 3.11. The van der Waals surface area contributed by atoms with Crippen LogP contribution in [0.2, 0.25) is 0 Å². The highest BCUT2D eigenvalue weighted by Gasteiger charge is 2.11. The molecule has 0 unspecified atom stereocenters. The number of H-pyrrole nitrogens is 1. The first-order chi connectivity index (χ1) is 16.2. The summed E-state index contributed by atoms with van der Waals surface area (Å²) in [6, 6.07) is 34.4. The molecule has 0 aliphatic rings. The molecule has 0 aliphatic carbocycles. The molecule has 0 bridgehead atoms. The molecule has 0 saturated carbocycles. The molecule has 0 atom stereocenters. The van der Waals surface area contributed by atoms with Gasteiger partial charge in [-0.05, 0) is 60.2 Å². The van der Waals surface area contributed by atoms with E-state index in [1.54, 1.807) is 0 Å². The summed E-state index contributed by atoms with van der Waals surface area (Å²) in [4.78, 5) is 15.9. The number of fused-ring (bicyclic) bond motifs is 1. The fraction of sp³-hybridized carbons (Fsp3) is 0.0357. The Hall–Kier alpha value is -4.51. The molecule has 0 saturated heterocycles. The lowest BCUT2D eigenvalue weighted by atomic mass is 10.2. The van der Waals surface area contributed by atoms with Gasteiger partial charge in [-0.15, -0.1) is 0 Å². The van der Waals surface area contributed by atoms with Crippen LogP contribution < -0.4 is 14.8 Å². The van der Waals surface area contributed by atoms with Crippen LogP contribution in [-0.2, 0) is 6.61 Å². The number of nitrogens with one attached hydrogen (secondary N) is 2. The molecule has 5 heteroatoms. The Morgan fingerprint density at radius 3 is 2.15 bits per heavy atom. The SMILES string of the molecule is O=C(Nc1ccc(Oc2ccccc2)cc1)c1cc2ccc(OCc3ccccc3)cc2[nH]1. The summed E-state index contributed by atoms with van der Waals surface area (Å²) in [7, 11) is 0. The summed E-state index contributed by atoms with van der Waals surface area (Å²) in [5, 5.41) is 3.86. The van der Waals surface area contributed by atoms with Gasteiger partial charge in [0.15, 0.2) is 0 Å². The van der Waals surface area contributed by atoms with Crippen molar-refractivity contribution in [2.45, 2.75) is 6.61 Å². The monoisotopic (exact) mass is 434 g/mol. The molecule has 0 spiro atoms. The Morgan fingerprint density at radius 1 is 0.727 bits per heavy atom. The second kappa shape index (κ2) is 9.32. The zero-order valence-corrected chi connectivity index (χ0v) is 17.8. The average Bonchev–Trinajstić information content (AvgIpc) is 3.29. The number of ether oxygens (including phenoxy) is 2. The molecule has 162 valence electrons. The van der Waals surface area contributed by atoms with Gasteiger partial charge in [0.25, 0.3) is 5.91 Å². The van der Waals surface area contributed by atoms with Crippen LogP contribution >= 0.6 is 0 Å². The molecule has 0 fully saturated rings. The number of hydrogen-bond acceptors (Lipinski definition) is 3. The highest BCUT2D eigenvalue weighted by molar-refractivity contribution is 6.06. The first kappa shape index (κ1) is 20.4. The van der Waals surface area contributed by atoms with Gasteiger partial charge in [-0.3, -0.25) is 4.79 Å². The summed E-state index contributed by atoms with van der Waals surface area (Å²) in [5.74, 6) is 2.00. The Labute approximate surface area is 191 Å². The van der Waals surface area contributed by atoms with Crippen molar-refractivity contribution >= 4 is 22.5 Å². The van der Waals surface area contributed by atoms with Crippen LogP contribution in [0.15, 0.2) is 109 Å². The average molecular weight is 434 g/mol. The third-order valence-electron chi connectivity index (χ3n) is 5.18. The maximum Gasteiger partial charge on any atom is 0.272 e. The molecular weight excluding hydrogens is 412 g/mol. The normalized spacial score (nSPS) is 10.7. The minimum atomic E-state index is -0.213. The van der Waals surface area contributed by atoms with Gasteiger partial charge >= 0.3 is 0 Å². The van der Waals surface area contributed by atoms with Crippen molar-refractivity contribution in [1.82, 2.24) is 4.98 Å². The van der Waals surface area contributed by atoms with Crippen LogP contribution in [0.1, 0.15) is 16.1 Å². The summed E-state index contributed by atoms with van der Waals surface area (Å²) in [6.45, 7) is 0.490. The molecule has 33 heavy (non-hydrogen) atoms. The van der Waals surface area contributed by atoms with Crippen LogP contribution in [0.4, 0.5) is 5.69 Å². The molecule has 0 aliphatic heterocycles. The quantitative estimate of drug-likeness (QED) is 0.296. The Balaban J connectivity index is 1.23. The molecule has 5 rings (SSSR count). The number of aromatic nitrogens is 1. The number of para-hydroxylation sites is 1. The largest absolute Gasteiger partial charge is 0.489 e. The molecule has 1 amide bonds. The van der Waals surface area contributed by atoms with Crippen molar-refractivity contribution in [2.75, 3.05) is 5.32 Å². The van der Waals surface area contributed by atoms with E-state index in [4.69, 9.17) is 9.47 Å².